The summed E-state index contributed by atoms with van der Waals surface area (Å²) in [5.41, 5.74) is 0.995. The van der Waals surface area contributed by atoms with Crippen molar-refractivity contribution in [2.45, 2.75) is 19.6 Å². The maximum absolute atomic E-state index is 12.0. The van der Waals surface area contributed by atoms with Crippen molar-refractivity contribution in [2.24, 2.45) is 0 Å². The number of methoxy groups -OCH3 is 1. The zero-order chi connectivity index (χ0) is 12.3. The van der Waals surface area contributed by atoms with Gasteiger partial charge in [0.1, 0.15) is 12.0 Å². The van der Waals surface area contributed by atoms with Crippen LogP contribution >= 0.6 is 0 Å². The lowest BCUT2D eigenvalue weighted by Crippen LogP contribution is -2.35. The molecule has 0 aromatic heterocycles. The van der Waals surface area contributed by atoms with Crippen molar-refractivity contribution in [2.75, 3.05) is 20.3 Å². The zero-order valence-electron chi connectivity index (χ0n) is 10.2. The van der Waals surface area contributed by atoms with Crippen molar-refractivity contribution < 1.29 is 14.3 Å². The van der Waals surface area contributed by atoms with Crippen LogP contribution in [0.25, 0.3) is 0 Å². The van der Waals surface area contributed by atoms with E-state index in [0.717, 1.165) is 11.3 Å². The van der Waals surface area contributed by atoms with Crippen LogP contribution < -0.4 is 4.74 Å². The molecule has 1 aliphatic heterocycles. The molecular formula is C13H17NO3. The first kappa shape index (κ1) is 11.9. The Morgan fingerprint density at radius 2 is 2.18 bits per heavy atom. The third kappa shape index (κ3) is 2.77. The summed E-state index contributed by atoms with van der Waals surface area (Å²) < 4.78 is 10.4. The molecule has 1 atom stereocenters. The van der Waals surface area contributed by atoms with Gasteiger partial charge in [-0.15, -0.1) is 0 Å². The molecule has 4 nitrogen and oxygen atoms in total. The summed E-state index contributed by atoms with van der Waals surface area (Å²) in [5, 5.41) is 0. The number of ether oxygens (including phenoxy) is 2. The van der Waals surface area contributed by atoms with E-state index >= 15 is 0 Å². The number of carbonyl (C=O) groups excluding carboxylic acids is 1. The summed E-state index contributed by atoms with van der Waals surface area (Å²) in [5.74, 6) is 0.916. The van der Waals surface area contributed by atoms with Gasteiger partial charge in [0.2, 0.25) is 5.91 Å². The predicted octanol–water partition coefficient (Wildman–Crippen LogP) is 1.44. The van der Waals surface area contributed by atoms with E-state index in [1.54, 1.807) is 12.0 Å². The quantitative estimate of drug-likeness (QED) is 0.795. The fraction of sp³-hybridized carbons (Fsp3) is 0.462. The minimum atomic E-state index is -0.0965. The Morgan fingerprint density at radius 1 is 1.47 bits per heavy atom. The molecule has 1 unspecified atom stereocenters. The minimum Gasteiger partial charge on any atom is -0.497 e. The molecule has 1 saturated heterocycles. The number of hydrogen-bond donors (Lipinski definition) is 0. The van der Waals surface area contributed by atoms with Gasteiger partial charge < -0.3 is 14.4 Å². The van der Waals surface area contributed by atoms with E-state index in [4.69, 9.17) is 9.47 Å². The van der Waals surface area contributed by atoms with Gasteiger partial charge in [0, 0.05) is 6.54 Å². The lowest BCUT2D eigenvalue weighted by molar-refractivity contribution is -0.134. The van der Waals surface area contributed by atoms with Crippen molar-refractivity contribution >= 4 is 5.91 Å². The molecule has 0 N–H and O–H groups in total. The van der Waals surface area contributed by atoms with Crippen molar-refractivity contribution in [3.63, 3.8) is 0 Å². The Bertz CT molecular complexity index is 388. The third-order valence-corrected chi connectivity index (χ3v) is 2.96. The fourth-order valence-corrected chi connectivity index (χ4v) is 1.94. The molecule has 1 aromatic rings. The van der Waals surface area contributed by atoms with Crippen molar-refractivity contribution in [1.82, 2.24) is 4.90 Å². The van der Waals surface area contributed by atoms with E-state index in [1.165, 1.54) is 0 Å². The lowest BCUT2D eigenvalue weighted by Gasteiger charge is -2.19. The molecule has 4 heteroatoms. The van der Waals surface area contributed by atoms with E-state index in [1.807, 2.05) is 31.2 Å². The van der Waals surface area contributed by atoms with Crippen LogP contribution in [-0.2, 0) is 16.0 Å². The van der Waals surface area contributed by atoms with Crippen LogP contribution in [0, 0.1) is 0 Å². The highest BCUT2D eigenvalue weighted by molar-refractivity contribution is 5.79. The number of carbonyl (C=O) groups is 1. The summed E-state index contributed by atoms with van der Waals surface area (Å²) in [6.45, 7) is 3.23. The molecular weight excluding hydrogens is 218 g/mol. The Morgan fingerprint density at radius 3 is 2.71 bits per heavy atom. The second kappa shape index (κ2) is 5.19. The van der Waals surface area contributed by atoms with Gasteiger partial charge in [0.25, 0.3) is 0 Å². The van der Waals surface area contributed by atoms with Gasteiger partial charge in [-0.3, -0.25) is 4.79 Å². The molecule has 0 saturated carbocycles. The number of rotatable bonds is 3. The number of benzene rings is 1. The van der Waals surface area contributed by atoms with Gasteiger partial charge >= 0.3 is 0 Å². The molecule has 1 amide bonds. The molecule has 17 heavy (non-hydrogen) atoms. The molecule has 1 heterocycles. The zero-order valence-corrected chi connectivity index (χ0v) is 10.2. The van der Waals surface area contributed by atoms with Crippen LogP contribution in [0.2, 0.25) is 0 Å². The van der Waals surface area contributed by atoms with Gasteiger partial charge in [-0.2, -0.15) is 0 Å². The van der Waals surface area contributed by atoms with Gasteiger partial charge in [0.15, 0.2) is 0 Å². The van der Waals surface area contributed by atoms with E-state index < -0.39 is 0 Å². The average Bonchev–Trinajstić information content (AvgIpc) is 2.76. The Hall–Kier alpha value is -1.55. The number of amides is 1. The predicted molar refractivity (Wildman–Crippen MR) is 63.8 cm³/mol. The van der Waals surface area contributed by atoms with Crippen LogP contribution in [-0.4, -0.2) is 37.3 Å². The van der Waals surface area contributed by atoms with Gasteiger partial charge in [-0.05, 0) is 24.6 Å². The molecule has 92 valence electrons. The topological polar surface area (TPSA) is 38.8 Å². The Labute approximate surface area is 101 Å². The molecule has 0 spiro atoms. The molecule has 1 aliphatic rings. The Kier molecular flexibility index (Phi) is 3.64. The number of hydrogen-bond acceptors (Lipinski definition) is 3. The lowest BCUT2D eigenvalue weighted by atomic mass is 10.1. The molecule has 0 bridgehead atoms. The highest BCUT2D eigenvalue weighted by Crippen LogP contribution is 2.15. The van der Waals surface area contributed by atoms with Crippen LogP contribution in [0.15, 0.2) is 24.3 Å². The maximum atomic E-state index is 12.0. The first-order valence-corrected chi connectivity index (χ1v) is 5.74. The SMILES string of the molecule is COc1ccc(CC(=O)N2CCOC2C)cc1. The summed E-state index contributed by atoms with van der Waals surface area (Å²) in [7, 11) is 1.63. The average molecular weight is 235 g/mol. The first-order chi connectivity index (χ1) is 8.20. The van der Waals surface area contributed by atoms with E-state index in [-0.39, 0.29) is 12.1 Å². The maximum Gasteiger partial charge on any atom is 0.229 e. The van der Waals surface area contributed by atoms with Crippen molar-refractivity contribution in [1.29, 1.82) is 0 Å². The molecule has 1 fully saturated rings. The standard InChI is InChI=1S/C13H17NO3/c1-10-14(7-8-17-10)13(15)9-11-3-5-12(16-2)6-4-11/h3-6,10H,7-9H2,1-2H3. The molecule has 0 radical (unpaired) electrons. The van der Waals surface area contributed by atoms with Gasteiger partial charge in [-0.1, -0.05) is 12.1 Å². The van der Waals surface area contributed by atoms with E-state index in [9.17, 15) is 4.79 Å². The first-order valence-electron chi connectivity index (χ1n) is 5.74. The second-order valence-electron chi connectivity index (χ2n) is 4.08. The van der Waals surface area contributed by atoms with Crippen LogP contribution in [0.4, 0.5) is 0 Å². The largest absolute Gasteiger partial charge is 0.497 e. The number of nitrogens with zero attached hydrogens (tertiary/aromatic N) is 1. The fourth-order valence-electron chi connectivity index (χ4n) is 1.94. The highest BCUT2D eigenvalue weighted by atomic mass is 16.5. The van der Waals surface area contributed by atoms with Crippen LogP contribution in [0.1, 0.15) is 12.5 Å². The normalized spacial score (nSPS) is 19.4. The summed E-state index contributed by atoms with van der Waals surface area (Å²) in [6, 6.07) is 7.57. The minimum absolute atomic E-state index is 0.0965. The summed E-state index contributed by atoms with van der Waals surface area (Å²) >= 11 is 0. The van der Waals surface area contributed by atoms with E-state index in [2.05, 4.69) is 0 Å². The second-order valence-corrected chi connectivity index (χ2v) is 4.08. The third-order valence-electron chi connectivity index (χ3n) is 2.96. The smallest absolute Gasteiger partial charge is 0.229 e. The van der Waals surface area contributed by atoms with Crippen molar-refractivity contribution in [3.8, 4) is 5.75 Å². The molecule has 0 aliphatic carbocycles. The van der Waals surface area contributed by atoms with Crippen molar-refractivity contribution in [3.05, 3.63) is 29.8 Å². The van der Waals surface area contributed by atoms with Crippen LogP contribution in [0.5, 0.6) is 5.75 Å². The Balaban J connectivity index is 1.97. The van der Waals surface area contributed by atoms with Gasteiger partial charge in [-0.25, -0.2) is 0 Å². The molecule has 2 rings (SSSR count). The summed E-state index contributed by atoms with van der Waals surface area (Å²) in [6.07, 6.45) is 0.318. The highest BCUT2D eigenvalue weighted by Gasteiger charge is 2.25. The molecule has 1 aromatic carbocycles. The van der Waals surface area contributed by atoms with Crippen LogP contribution in [0.3, 0.4) is 0 Å². The van der Waals surface area contributed by atoms with Gasteiger partial charge in [0.05, 0.1) is 20.1 Å². The van der Waals surface area contributed by atoms with E-state index in [0.29, 0.717) is 19.6 Å². The summed E-state index contributed by atoms with van der Waals surface area (Å²) in [4.78, 5) is 13.8. The monoisotopic (exact) mass is 235 g/mol.